The van der Waals surface area contributed by atoms with Crippen molar-refractivity contribution in [2.45, 2.75) is 85.1 Å². The number of aromatic nitrogens is 5. The molecule has 1 N–H and O–H groups in total. The minimum absolute atomic E-state index is 0.353. The smallest absolute Gasteiger partial charge is 0.310 e. The minimum Gasteiger partial charge on any atom is -0.481 e. The summed E-state index contributed by atoms with van der Waals surface area (Å²) in [5, 5.41) is 18.9. The number of hydrogen-bond donors (Lipinski definition) is 1. The molecule has 7 nitrogen and oxygen atoms in total. The van der Waals surface area contributed by atoms with Crippen LogP contribution in [0.3, 0.4) is 0 Å². The predicted octanol–water partition coefficient (Wildman–Crippen LogP) is 6.59. The zero-order valence-electron chi connectivity index (χ0n) is 23.9. The van der Waals surface area contributed by atoms with Gasteiger partial charge in [-0.3, -0.25) is 4.79 Å². The maximum absolute atomic E-state index is 12.6. The van der Waals surface area contributed by atoms with Gasteiger partial charge in [-0.05, 0) is 67.5 Å². The molecule has 1 unspecified atom stereocenters. The predicted molar refractivity (Wildman–Crippen MR) is 154 cm³/mol. The minimum atomic E-state index is -1.03. The Bertz CT molecular complexity index is 1470. The SMILES string of the molecule is Cc1ccc(C(c2ccc3c(nnn3C)c2C)C(C)(C)C(=O)O)cc1Cn1ccnc1CC1CCCCCC1. The third kappa shape index (κ3) is 5.36. The third-order valence-corrected chi connectivity index (χ3v) is 8.96. The maximum atomic E-state index is 12.6. The van der Waals surface area contributed by atoms with Crippen LogP contribution in [0.25, 0.3) is 11.0 Å². The Morgan fingerprint density at radius 1 is 1.10 bits per heavy atom. The van der Waals surface area contributed by atoms with E-state index in [9.17, 15) is 9.90 Å². The maximum Gasteiger partial charge on any atom is 0.310 e. The summed E-state index contributed by atoms with van der Waals surface area (Å²) in [7, 11) is 1.87. The molecule has 1 fully saturated rings. The van der Waals surface area contributed by atoms with Gasteiger partial charge in [-0.15, -0.1) is 5.10 Å². The summed E-state index contributed by atoms with van der Waals surface area (Å²) >= 11 is 0. The van der Waals surface area contributed by atoms with Crippen molar-refractivity contribution in [1.82, 2.24) is 24.5 Å². The summed E-state index contributed by atoms with van der Waals surface area (Å²) in [4.78, 5) is 17.4. The van der Waals surface area contributed by atoms with Crippen LogP contribution < -0.4 is 0 Å². The summed E-state index contributed by atoms with van der Waals surface area (Å²) in [6.45, 7) is 8.53. The molecular weight excluding hydrogens is 486 g/mol. The molecule has 1 atom stereocenters. The lowest BCUT2D eigenvalue weighted by atomic mass is 9.69. The normalized spacial score (nSPS) is 15.9. The zero-order chi connectivity index (χ0) is 27.7. The van der Waals surface area contributed by atoms with Gasteiger partial charge in [0.25, 0.3) is 0 Å². The van der Waals surface area contributed by atoms with Crippen molar-refractivity contribution in [3.63, 3.8) is 0 Å². The molecule has 0 bridgehead atoms. The molecule has 0 radical (unpaired) electrons. The summed E-state index contributed by atoms with van der Waals surface area (Å²) in [5.41, 5.74) is 6.05. The molecule has 2 heterocycles. The number of aliphatic carboxylic acids is 1. The Morgan fingerprint density at radius 3 is 2.56 bits per heavy atom. The van der Waals surface area contributed by atoms with Crippen LogP contribution in [0, 0.1) is 25.2 Å². The average Bonchev–Trinajstić information content (AvgIpc) is 3.40. The Morgan fingerprint density at radius 2 is 1.85 bits per heavy atom. The molecule has 0 aliphatic heterocycles. The largest absolute Gasteiger partial charge is 0.481 e. The second-order valence-corrected chi connectivity index (χ2v) is 12.0. The van der Waals surface area contributed by atoms with E-state index in [2.05, 4.69) is 52.3 Å². The Labute approximate surface area is 231 Å². The Balaban J connectivity index is 1.52. The van der Waals surface area contributed by atoms with Crippen molar-refractivity contribution in [1.29, 1.82) is 0 Å². The summed E-state index contributed by atoms with van der Waals surface area (Å²) in [6, 6.07) is 10.5. The first-order chi connectivity index (χ1) is 18.7. The van der Waals surface area contributed by atoms with E-state index in [1.54, 1.807) is 4.68 Å². The first kappa shape index (κ1) is 27.1. The van der Waals surface area contributed by atoms with Crippen molar-refractivity contribution in [3.8, 4) is 0 Å². The fourth-order valence-electron chi connectivity index (χ4n) is 6.40. The summed E-state index contributed by atoms with van der Waals surface area (Å²) < 4.78 is 4.04. The number of rotatable bonds is 8. The van der Waals surface area contributed by atoms with E-state index in [-0.39, 0.29) is 5.92 Å². The molecule has 0 spiro atoms. The van der Waals surface area contributed by atoms with Crippen molar-refractivity contribution in [2.24, 2.45) is 18.4 Å². The Hall–Kier alpha value is -3.48. The van der Waals surface area contributed by atoms with E-state index in [0.717, 1.165) is 46.5 Å². The van der Waals surface area contributed by atoms with Crippen molar-refractivity contribution >= 4 is 17.0 Å². The van der Waals surface area contributed by atoms with E-state index >= 15 is 0 Å². The summed E-state index contributed by atoms with van der Waals surface area (Å²) in [5.74, 6) is 0.682. The standard InChI is InChI=1S/C32H41N5O2/c1-21-12-13-24(19-25(21)20-37-17-16-33-28(37)18-23-10-8-6-7-9-11-23)29(32(3,4)31(38)39)26-14-15-27-30(22(26)2)34-35-36(27)5/h12-17,19,23,29H,6-11,18,20H2,1-5H3,(H,38,39). The van der Waals surface area contributed by atoms with Crippen LogP contribution in [0.15, 0.2) is 42.7 Å². The topological polar surface area (TPSA) is 85.8 Å². The molecule has 1 saturated carbocycles. The number of nitrogens with zero attached hydrogens (tertiary/aromatic N) is 5. The van der Waals surface area contributed by atoms with E-state index in [1.165, 1.54) is 49.7 Å². The second kappa shape index (κ2) is 10.9. The van der Waals surface area contributed by atoms with Gasteiger partial charge in [0.05, 0.1) is 10.9 Å². The van der Waals surface area contributed by atoms with Crippen LogP contribution >= 0.6 is 0 Å². The van der Waals surface area contributed by atoms with Gasteiger partial charge in [-0.1, -0.05) is 68.0 Å². The van der Waals surface area contributed by atoms with Gasteiger partial charge < -0.3 is 9.67 Å². The van der Waals surface area contributed by atoms with Crippen LogP contribution in [0.5, 0.6) is 0 Å². The molecule has 1 aliphatic rings. The lowest BCUT2D eigenvalue weighted by Gasteiger charge is -2.33. The fraction of sp³-hybridized carbons (Fsp3) is 0.500. The van der Waals surface area contributed by atoms with Crippen LogP contribution in [-0.2, 0) is 24.8 Å². The lowest BCUT2D eigenvalue weighted by molar-refractivity contribution is -0.147. The molecule has 2 aromatic heterocycles. The zero-order valence-corrected chi connectivity index (χ0v) is 23.9. The quantitative estimate of drug-likeness (QED) is 0.261. The number of imidazole rings is 1. The molecular formula is C32H41N5O2. The van der Waals surface area contributed by atoms with Crippen LogP contribution in [0.2, 0.25) is 0 Å². The van der Waals surface area contributed by atoms with Crippen LogP contribution in [0.4, 0.5) is 0 Å². The van der Waals surface area contributed by atoms with Gasteiger partial charge in [0.1, 0.15) is 11.3 Å². The number of carboxylic acids is 1. The molecule has 0 saturated heterocycles. The van der Waals surface area contributed by atoms with Gasteiger partial charge in [-0.25, -0.2) is 9.67 Å². The molecule has 206 valence electrons. The van der Waals surface area contributed by atoms with Gasteiger partial charge in [-0.2, -0.15) is 0 Å². The first-order valence-corrected chi connectivity index (χ1v) is 14.3. The van der Waals surface area contributed by atoms with E-state index in [0.29, 0.717) is 5.92 Å². The van der Waals surface area contributed by atoms with Crippen molar-refractivity contribution in [2.75, 3.05) is 0 Å². The first-order valence-electron chi connectivity index (χ1n) is 14.3. The van der Waals surface area contributed by atoms with E-state index in [1.807, 2.05) is 40.1 Å². The van der Waals surface area contributed by atoms with Gasteiger partial charge >= 0.3 is 5.97 Å². The molecule has 7 heteroatoms. The Kier molecular flexibility index (Phi) is 7.61. The van der Waals surface area contributed by atoms with Crippen LogP contribution in [-0.4, -0.2) is 35.6 Å². The highest BCUT2D eigenvalue weighted by Crippen LogP contribution is 2.44. The number of carbonyl (C=O) groups is 1. The number of benzene rings is 2. The fourth-order valence-corrected chi connectivity index (χ4v) is 6.40. The van der Waals surface area contributed by atoms with Crippen molar-refractivity contribution in [3.05, 3.63) is 76.4 Å². The highest BCUT2D eigenvalue weighted by atomic mass is 16.4. The van der Waals surface area contributed by atoms with Gasteiger partial charge in [0.2, 0.25) is 0 Å². The monoisotopic (exact) mass is 527 g/mol. The number of carboxylic acid groups (broad SMARTS) is 1. The molecule has 5 rings (SSSR count). The van der Waals surface area contributed by atoms with Gasteiger partial charge in [0, 0.05) is 38.3 Å². The molecule has 4 aromatic rings. The number of fused-ring (bicyclic) bond motifs is 1. The number of aryl methyl sites for hydroxylation is 3. The van der Waals surface area contributed by atoms with E-state index in [4.69, 9.17) is 4.98 Å². The van der Waals surface area contributed by atoms with Gasteiger partial charge in [0.15, 0.2) is 0 Å². The summed E-state index contributed by atoms with van der Waals surface area (Å²) in [6.07, 6.45) is 13.0. The second-order valence-electron chi connectivity index (χ2n) is 12.0. The van der Waals surface area contributed by atoms with Crippen molar-refractivity contribution < 1.29 is 9.90 Å². The molecule has 0 amide bonds. The average molecular weight is 528 g/mol. The lowest BCUT2D eigenvalue weighted by Crippen LogP contribution is -2.32. The molecule has 39 heavy (non-hydrogen) atoms. The third-order valence-electron chi connectivity index (χ3n) is 8.96. The number of hydrogen-bond acceptors (Lipinski definition) is 4. The van der Waals surface area contributed by atoms with Crippen LogP contribution in [0.1, 0.15) is 91.9 Å². The highest BCUT2D eigenvalue weighted by Gasteiger charge is 2.40. The molecule has 2 aromatic carbocycles. The molecule has 1 aliphatic carbocycles. The van der Waals surface area contributed by atoms with E-state index < -0.39 is 11.4 Å². The highest BCUT2D eigenvalue weighted by molar-refractivity contribution is 5.81.